The van der Waals surface area contributed by atoms with Crippen LogP contribution >= 0.6 is 0 Å². The Bertz CT molecular complexity index is 905. The Hall–Kier alpha value is -2.73. The van der Waals surface area contributed by atoms with Gasteiger partial charge in [-0.1, -0.05) is 41.6 Å². The molecule has 134 valence electrons. The highest BCUT2D eigenvalue weighted by Crippen LogP contribution is 2.19. The van der Waals surface area contributed by atoms with Crippen LogP contribution in [-0.2, 0) is 24.8 Å². The number of rotatable bonds is 5. The lowest BCUT2D eigenvalue weighted by Gasteiger charge is -2.12. The van der Waals surface area contributed by atoms with Crippen LogP contribution in [0, 0.1) is 5.92 Å². The number of nitrogens with one attached hydrogen (secondary N) is 2. The predicted octanol–water partition coefficient (Wildman–Crippen LogP) is 1.81. The van der Waals surface area contributed by atoms with Crippen LogP contribution in [0.3, 0.4) is 0 Å². The molecule has 1 fully saturated rings. The molecular formula is C20H23N5O. The zero-order valence-corrected chi connectivity index (χ0v) is 14.9. The van der Waals surface area contributed by atoms with Crippen LogP contribution in [0.25, 0.3) is 11.0 Å². The highest BCUT2D eigenvalue weighted by molar-refractivity contribution is 5.82. The van der Waals surface area contributed by atoms with Crippen LogP contribution in [0.5, 0.6) is 0 Å². The number of nitrogens with zero attached hydrogens (tertiary/aromatic N) is 3. The molecular weight excluding hydrogens is 326 g/mol. The van der Waals surface area contributed by atoms with Gasteiger partial charge < -0.3 is 10.6 Å². The second-order valence-electron chi connectivity index (χ2n) is 7.01. The summed E-state index contributed by atoms with van der Waals surface area (Å²) >= 11 is 0. The van der Waals surface area contributed by atoms with Gasteiger partial charge in [-0.2, -0.15) is 0 Å². The van der Waals surface area contributed by atoms with Gasteiger partial charge in [0.2, 0.25) is 5.91 Å². The molecule has 0 spiro atoms. The fraction of sp³-hybridized carbons (Fsp3) is 0.350. The van der Waals surface area contributed by atoms with Gasteiger partial charge in [0.1, 0.15) is 5.52 Å². The third kappa shape index (κ3) is 3.60. The molecule has 2 aromatic carbocycles. The number of benzene rings is 2. The predicted molar refractivity (Wildman–Crippen MR) is 100 cm³/mol. The maximum Gasteiger partial charge on any atom is 0.237 e. The molecule has 0 aliphatic carbocycles. The number of hydrogen-bond acceptors (Lipinski definition) is 4. The molecule has 1 amide bonds. The zero-order valence-electron chi connectivity index (χ0n) is 14.9. The Morgan fingerprint density at radius 2 is 2.08 bits per heavy atom. The molecule has 26 heavy (non-hydrogen) atoms. The largest absolute Gasteiger partial charge is 0.351 e. The topological polar surface area (TPSA) is 71.8 Å². The average Bonchev–Trinajstić information content (AvgIpc) is 3.27. The lowest BCUT2D eigenvalue weighted by molar-refractivity contribution is -0.123. The molecule has 1 aliphatic rings. The summed E-state index contributed by atoms with van der Waals surface area (Å²) in [6.45, 7) is 1.39. The quantitative estimate of drug-likeness (QED) is 0.737. The molecule has 6 heteroatoms. The van der Waals surface area contributed by atoms with Gasteiger partial charge >= 0.3 is 0 Å². The summed E-state index contributed by atoms with van der Waals surface area (Å²) in [6.07, 6.45) is 1.89. The molecule has 0 bridgehead atoms. The smallest absolute Gasteiger partial charge is 0.237 e. The first kappa shape index (κ1) is 16.7. The molecule has 4 rings (SSSR count). The second-order valence-corrected chi connectivity index (χ2v) is 7.01. The molecule has 2 atom stereocenters. The van der Waals surface area contributed by atoms with Gasteiger partial charge in [0.25, 0.3) is 0 Å². The molecule has 3 aromatic rings. The van der Waals surface area contributed by atoms with Crippen LogP contribution in [-0.4, -0.2) is 33.5 Å². The Labute approximate surface area is 152 Å². The first-order valence-corrected chi connectivity index (χ1v) is 9.02. The van der Waals surface area contributed by atoms with Crippen molar-refractivity contribution < 1.29 is 4.79 Å². The van der Waals surface area contributed by atoms with Crippen molar-refractivity contribution in [2.45, 2.75) is 25.4 Å². The Balaban J connectivity index is 1.30. The number of aryl methyl sites for hydroxylation is 1. The number of aromatic nitrogens is 3. The first-order chi connectivity index (χ1) is 12.7. The maximum atomic E-state index is 12.5. The van der Waals surface area contributed by atoms with E-state index in [-0.39, 0.29) is 11.9 Å². The molecule has 0 saturated carbocycles. The Morgan fingerprint density at radius 3 is 2.92 bits per heavy atom. The Morgan fingerprint density at radius 1 is 1.23 bits per heavy atom. The van der Waals surface area contributed by atoms with Crippen LogP contribution in [0.15, 0.2) is 48.5 Å². The minimum absolute atomic E-state index is 0.0693. The van der Waals surface area contributed by atoms with E-state index in [0.29, 0.717) is 12.5 Å². The van der Waals surface area contributed by atoms with Crippen molar-refractivity contribution in [3.63, 3.8) is 0 Å². The Kier molecular flexibility index (Phi) is 4.67. The van der Waals surface area contributed by atoms with E-state index in [0.717, 1.165) is 36.0 Å². The SMILES string of the molecule is Cn1nnc2cc(CNC(=O)[C@@H]3C[C@H](Cc4ccccc4)CN3)ccc21. The number of fused-ring (bicyclic) bond motifs is 1. The maximum absolute atomic E-state index is 12.5. The summed E-state index contributed by atoms with van der Waals surface area (Å²) in [7, 11) is 1.87. The monoisotopic (exact) mass is 349 g/mol. The van der Waals surface area contributed by atoms with Gasteiger partial charge in [-0.3, -0.25) is 4.79 Å². The average molecular weight is 349 g/mol. The molecule has 2 N–H and O–H groups in total. The van der Waals surface area contributed by atoms with Crippen molar-refractivity contribution >= 4 is 16.9 Å². The van der Waals surface area contributed by atoms with Crippen LogP contribution in [0.2, 0.25) is 0 Å². The highest BCUT2D eigenvalue weighted by Gasteiger charge is 2.29. The molecule has 1 saturated heterocycles. The van der Waals surface area contributed by atoms with Crippen LogP contribution < -0.4 is 10.6 Å². The van der Waals surface area contributed by atoms with Gasteiger partial charge in [-0.15, -0.1) is 5.10 Å². The first-order valence-electron chi connectivity index (χ1n) is 9.02. The molecule has 1 aliphatic heterocycles. The fourth-order valence-corrected chi connectivity index (χ4v) is 3.62. The van der Waals surface area contributed by atoms with E-state index in [1.807, 2.05) is 31.3 Å². The van der Waals surface area contributed by atoms with Crippen LogP contribution in [0.1, 0.15) is 17.5 Å². The van der Waals surface area contributed by atoms with E-state index in [9.17, 15) is 4.79 Å². The second kappa shape index (κ2) is 7.25. The lowest BCUT2D eigenvalue weighted by atomic mass is 9.96. The number of hydrogen-bond donors (Lipinski definition) is 2. The summed E-state index contributed by atoms with van der Waals surface area (Å²) in [6, 6.07) is 16.3. The standard InChI is InChI=1S/C20H23N5O/c1-25-19-8-7-15(10-17(19)23-24-25)12-22-20(26)18-11-16(13-21-18)9-14-5-3-2-4-6-14/h2-8,10,16,18,21H,9,11-13H2,1H3,(H,22,26)/t16-,18-/m0/s1. The lowest BCUT2D eigenvalue weighted by Crippen LogP contribution is -2.39. The summed E-state index contributed by atoms with van der Waals surface area (Å²) in [5, 5.41) is 14.5. The number of amides is 1. The summed E-state index contributed by atoms with van der Waals surface area (Å²) < 4.78 is 1.74. The minimum Gasteiger partial charge on any atom is -0.351 e. The minimum atomic E-state index is -0.107. The van der Waals surface area contributed by atoms with E-state index in [2.05, 4.69) is 45.2 Å². The summed E-state index contributed by atoms with van der Waals surface area (Å²) in [5.74, 6) is 0.573. The van der Waals surface area contributed by atoms with Gasteiger partial charge in [0.15, 0.2) is 0 Å². The van der Waals surface area contributed by atoms with E-state index >= 15 is 0 Å². The van der Waals surface area contributed by atoms with Crippen molar-refractivity contribution in [1.82, 2.24) is 25.6 Å². The van der Waals surface area contributed by atoms with Gasteiger partial charge in [-0.25, -0.2) is 4.68 Å². The third-order valence-corrected chi connectivity index (χ3v) is 5.05. The molecule has 6 nitrogen and oxygen atoms in total. The van der Waals surface area contributed by atoms with E-state index in [1.54, 1.807) is 4.68 Å². The van der Waals surface area contributed by atoms with E-state index in [4.69, 9.17) is 0 Å². The van der Waals surface area contributed by atoms with Crippen molar-refractivity contribution in [3.8, 4) is 0 Å². The molecule has 1 aromatic heterocycles. The van der Waals surface area contributed by atoms with E-state index in [1.165, 1.54) is 5.56 Å². The molecule has 0 unspecified atom stereocenters. The van der Waals surface area contributed by atoms with Gasteiger partial charge in [-0.05, 0) is 48.6 Å². The van der Waals surface area contributed by atoms with E-state index < -0.39 is 0 Å². The van der Waals surface area contributed by atoms with Crippen molar-refractivity contribution in [2.24, 2.45) is 13.0 Å². The van der Waals surface area contributed by atoms with Crippen LogP contribution in [0.4, 0.5) is 0 Å². The van der Waals surface area contributed by atoms with Crippen molar-refractivity contribution in [1.29, 1.82) is 0 Å². The number of carbonyl (C=O) groups excluding carboxylic acids is 1. The molecule has 2 heterocycles. The summed E-state index contributed by atoms with van der Waals surface area (Å²) in [5.41, 5.74) is 4.20. The zero-order chi connectivity index (χ0) is 17.9. The fourth-order valence-electron chi connectivity index (χ4n) is 3.62. The van der Waals surface area contributed by atoms with Gasteiger partial charge in [0.05, 0.1) is 11.6 Å². The summed E-state index contributed by atoms with van der Waals surface area (Å²) in [4.78, 5) is 12.5. The highest BCUT2D eigenvalue weighted by atomic mass is 16.2. The molecule has 0 radical (unpaired) electrons. The van der Waals surface area contributed by atoms with Crippen molar-refractivity contribution in [3.05, 3.63) is 59.7 Å². The van der Waals surface area contributed by atoms with Gasteiger partial charge in [0, 0.05) is 13.6 Å². The normalized spacial score (nSPS) is 19.7. The van der Waals surface area contributed by atoms with Crippen molar-refractivity contribution in [2.75, 3.05) is 6.54 Å². The number of carbonyl (C=O) groups is 1. The third-order valence-electron chi connectivity index (χ3n) is 5.05.